The molecule has 0 aliphatic carbocycles. The van der Waals surface area contributed by atoms with Crippen LogP contribution < -0.4 is 5.32 Å². The number of carbonyl (C=O) groups excluding carboxylic acids is 2. The van der Waals surface area contributed by atoms with Crippen LogP contribution in [0, 0.1) is 5.92 Å². The molecule has 0 radical (unpaired) electrons. The largest absolute Gasteiger partial charge is 0.354 e. The van der Waals surface area contributed by atoms with Crippen molar-refractivity contribution in [3.8, 4) is 0 Å². The summed E-state index contributed by atoms with van der Waals surface area (Å²) in [5, 5.41) is 3.69. The van der Waals surface area contributed by atoms with Gasteiger partial charge in [0, 0.05) is 34.8 Å². The summed E-state index contributed by atoms with van der Waals surface area (Å²) in [6, 6.07) is 24.8. The summed E-state index contributed by atoms with van der Waals surface area (Å²) >= 11 is 11.1. The van der Waals surface area contributed by atoms with Gasteiger partial charge in [-0.1, -0.05) is 96.0 Å². The van der Waals surface area contributed by atoms with Crippen LogP contribution in [0.25, 0.3) is 0 Å². The van der Waals surface area contributed by atoms with Gasteiger partial charge in [0.25, 0.3) is 0 Å². The number of rotatable bonds is 12. The van der Waals surface area contributed by atoms with E-state index in [0.29, 0.717) is 30.5 Å². The molecule has 0 heterocycles. The van der Waals surface area contributed by atoms with Gasteiger partial charge < -0.3 is 10.2 Å². The van der Waals surface area contributed by atoms with Gasteiger partial charge >= 0.3 is 0 Å². The van der Waals surface area contributed by atoms with Crippen LogP contribution in [0.15, 0.2) is 83.3 Å². The Labute approximate surface area is 231 Å². The Morgan fingerprint density at radius 1 is 0.917 bits per heavy atom. The molecule has 0 aromatic heterocycles. The minimum absolute atomic E-state index is 0.0623. The van der Waals surface area contributed by atoms with Crippen molar-refractivity contribution in [1.29, 1.82) is 0 Å². The van der Waals surface area contributed by atoms with E-state index < -0.39 is 6.04 Å². The lowest BCUT2D eigenvalue weighted by Gasteiger charge is -2.32. The van der Waals surface area contributed by atoms with E-state index >= 15 is 0 Å². The van der Waals surface area contributed by atoms with Gasteiger partial charge in [0.2, 0.25) is 11.8 Å². The zero-order valence-electron chi connectivity index (χ0n) is 20.6. The Balaban J connectivity index is 1.82. The minimum Gasteiger partial charge on any atom is -0.354 e. The minimum atomic E-state index is -0.623. The third kappa shape index (κ3) is 9.30. The van der Waals surface area contributed by atoms with Crippen molar-refractivity contribution in [1.82, 2.24) is 10.2 Å². The molecule has 7 heteroatoms. The first-order chi connectivity index (χ1) is 17.3. The summed E-state index contributed by atoms with van der Waals surface area (Å²) < 4.78 is 1.03. The highest BCUT2D eigenvalue weighted by molar-refractivity contribution is 9.10. The summed E-state index contributed by atoms with van der Waals surface area (Å²) in [6.45, 7) is 5.01. The molecule has 36 heavy (non-hydrogen) atoms. The second-order valence-corrected chi connectivity index (χ2v) is 11.4. The van der Waals surface area contributed by atoms with Crippen LogP contribution in [0.4, 0.5) is 0 Å². The number of hydrogen-bond donors (Lipinski definition) is 1. The van der Waals surface area contributed by atoms with Crippen LogP contribution in [0.3, 0.4) is 0 Å². The Bertz CT molecular complexity index is 1110. The summed E-state index contributed by atoms with van der Waals surface area (Å²) in [7, 11) is 0. The van der Waals surface area contributed by atoms with Crippen LogP contribution in [0.5, 0.6) is 0 Å². The number of halogens is 2. The fraction of sp³-hybridized carbons (Fsp3) is 0.310. The van der Waals surface area contributed by atoms with Crippen LogP contribution in [-0.2, 0) is 28.3 Å². The number of thioether (sulfide) groups is 1. The summed E-state index contributed by atoms with van der Waals surface area (Å²) in [5.41, 5.74) is 3.09. The smallest absolute Gasteiger partial charge is 0.243 e. The quantitative estimate of drug-likeness (QED) is 0.255. The van der Waals surface area contributed by atoms with E-state index in [1.807, 2.05) is 78.9 Å². The highest BCUT2D eigenvalue weighted by Crippen LogP contribution is 2.20. The van der Waals surface area contributed by atoms with E-state index in [2.05, 4.69) is 35.1 Å². The zero-order valence-corrected chi connectivity index (χ0v) is 23.8. The SMILES string of the molecule is CC(C)CNC(=O)[C@@H](Cc1ccccc1)N(Cc1ccc(Cl)cc1)C(=O)CSCc1ccc(Br)cc1. The van der Waals surface area contributed by atoms with E-state index in [4.69, 9.17) is 11.6 Å². The predicted octanol–water partition coefficient (Wildman–Crippen LogP) is 6.75. The monoisotopic (exact) mass is 586 g/mol. The standard InChI is InChI=1S/C29H32BrClN2O2S/c1-21(2)17-32-29(35)27(16-22-6-4-3-5-7-22)33(18-23-10-14-26(31)15-11-23)28(34)20-36-19-24-8-12-25(30)13-9-24/h3-15,21,27H,16-20H2,1-2H3,(H,32,35)/t27-/m1/s1. The predicted molar refractivity (Wildman–Crippen MR) is 154 cm³/mol. The molecular formula is C29H32BrClN2O2S. The van der Waals surface area contributed by atoms with E-state index in [0.717, 1.165) is 26.9 Å². The molecule has 0 saturated carbocycles. The van der Waals surface area contributed by atoms with Crippen LogP contribution >= 0.6 is 39.3 Å². The van der Waals surface area contributed by atoms with Gasteiger partial charge in [0.1, 0.15) is 6.04 Å². The number of benzene rings is 3. The number of carbonyl (C=O) groups is 2. The first-order valence-electron chi connectivity index (χ1n) is 12.0. The van der Waals surface area contributed by atoms with Gasteiger partial charge in [-0.05, 0) is 46.9 Å². The molecule has 0 aliphatic heterocycles. The highest BCUT2D eigenvalue weighted by Gasteiger charge is 2.30. The molecule has 4 nitrogen and oxygen atoms in total. The van der Waals surface area contributed by atoms with E-state index in [-0.39, 0.29) is 17.6 Å². The average Bonchev–Trinajstić information content (AvgIpc) is 2.87. The summed E-state index contributed by atoms with van der Waals surface area (Å²) in [6.07, 6.45) is 0.446. The Morgan fingerprint density at radius 2 is 1.56 bits per heavy atom. The van der Waals surface area contributed by atoms with Gasteiger partial charge in [0.05, 0.1) is 5.75 Å². The van der Waals surface area contributed by atoms with Crippen LogP contribution in [-0.4, -0.2) is 35.1 Å². The van der Waals surface area contributed by atoms with Crippen LogP contribution in [0.2, 0.25) is 5.02 Å². The normalized spacial score (nSPS) is 11.8. The van der Waals surface area contributed by atoms with Gasteiger partial charge in [-0.25, -0.2) is 0 Å². The molecule has 3 rings (SSSR count). The lowest BCUT2D eigenvalue weighted by molar-refractivity contribution is -0.139. The molecule has 0 saturated heterocycles. The first-order valence-corrected chi connectivity index (χ1v) is 14.3. The second-order valence-electron chi connectivity index (χ2n) is 9.11. The molecule has 0 spiro atoms. The van der Waals surface area contributed by atoms with Crippen molar-refractivity contribution in [2.24, 2.45) is 5.92 Å². The van der Waals surface area contributed by atoms with Crippen molar-refractivity contribution in [3.63, 3.8) is 0 Å². The zero-order chi connectivity index (χ0) is 25.9. The molecule has 3 aromatic carbocycles. The van der Waals surface area contributed by atoms with Gasteiger partial charge in [-0.3, -0.25) is 9.59 Å². The van der Waals surface area contributed by atoms with Gasteiger partial charge in [-0.15, -0.1) is 11.8 Å². The van der Waals surface area contributed by atoms with Crippen molar-refractivity contribution in [2.45, 2.75) is 38.6 Å². The maximum absolute atomic E-state index is 13.6. The van der Waals surface area contributed by atoms with E-state index in [1.165, 1.54) is 0 Å². The highest BCUT2D eigenvalue weighted by atomic mass is 79.9. The maximum Gasteiger partial charge on any atom is 0.243 e. The Hall–Kier alpha value is -2.28. The van der Waals surface area contributed by atoms with E-state index in [1.54, 1.807) is 16.7 Å². The lowest BCUT2D eigenvalue weighted by atomic mass is 10.0. The third-order valence-electron chi connectivity index (χ3n) is 5.63. The van der Waals surface area contributed by atoms with E-state index in [9.17, 15) is 9.59 Å². The molecule has 0 bridgehead atoms. The van der Waals surface area contributed by atoms with Crippen molar-refractivity contribution >= 4 is 51.1 Å². The summed E-state index contributed by atoms with van der Waals surface area (Å²) in [4.78, 5) is 28.8. The van der Waals surface area contributed by atoms with Crippen LogP contribution in [0.1, 0.15) is 30.5 Å². The second kappa shape index (κ2) is 14.5. The van der Waals surface area contributed by atoms with Crippen molar-refractivity contribution in [3.05, 3.63) is 105 Å². The molecule has 3 aromatic rings. The number of amides is 2. The third-order valence-corrected chi connectivity index (χ3v) is 7.40. The number of nitrogens with zero attached hydrogens (tertiary/aromatic N) is 1. The summed E-state index contributed by atoms with van der Waals surface area (Å²) in [5.74, 6) is 1.12. The molecular weight excluding hydrogens is 556 g/mol. The van der Waals surface area contributed by atoms with Crippen molar-refractivity contribution < 1.29 is 9.59 Å². The lowest BCUT2D eigenvalue weighted by Crippen LogP contribution is -2.51. The maximum atomic E-state index is 13.6. The Morgan fingerprint density at radius 3 is 2.19 bits per heavy atom. The number of hydrogen-bond acceptors (Lipinski definition) is 3. The van der Waals surface area contributed by atoms with Gasteiger partial charge in [-0.2, -0.15) is 0 Å². The fourth-order valence-corrected chi connectivity index (χ4v) is 4.94. The molecule has 0 unspecified atom stereocenters. The average molecular weight is 588 g/mol. The first kappa shape index (κ1) is 28.3. The Kier molecular flexibility index (Phi) is 11.4. The topological polar surface area (TPSA) is 49.4 Å². The van der Waals surface area contributed by atoms with Gasteiger partial charge in [0.15, 0.2) is 0 Å². The molecule has 0 aliphatic rings. The molecule has 2 amide bonds. The molecule has 0 fully saturated rings. The molecule has 1 atom stereocenters. The molecule has 1 N–H and O–H groups in total. The fourth-order valence-electron chi connectivity index (χ4n) is 3.68. The number of nitrogens with one attached hydrogen (secondary N) is 1. The molecule has 190 valence electrons. The van der Waals surface area contributed by atoms with Crippen molar-refractivity contribution in [2.75, 3.05) is 12.3 Å².